The SMILES string of the molecule is CNC(CN1CCC(C)CC1)c1cc(C)ccc1C. The van der Waals surface area contributed by atoms with E-state index in [0.717, 1.165) is 12.5 Å². The summed E-state index contributed by atoms with van der Waals surface area (Å²) in [6.45, 7) is 10.4. The van der Waals surface area contributed by atoms with Crippen LogP contribution < -0.4 is 5.32 Å². The van der Waals surface area contributed by atoms with Crippen LogP contribution in [0.5, 0.6) is 0 Å². The fourth-order valence-corrected chi connectivity index (χ4v) is 2.98. The van der Waals surface area contributed by atoms with Crippen molar-refractivity contribution in [3.05, 3.63) is 34.9 Å². The normalized spacial score (nSPS) is 19.6. The van der Waals surface area contributed by atoms with Gasteiger partial charge in [0.15, 0.2) is 0 Å². The van der Waals surface area contributed by atoms with Crippen molar-refractivity contribution in [2.45, 2.75) is 39.7 Å². The minimum absolute atomic E-state index is 0.452. The molecule has 1 fully saturated rings. The first kappa shape index (κ1) is 14.5. The number of piperidine rings is 1. The molecule has 1 N–H and O–H groups in total. The Balaban J connectivity index is 2.05. The van der Waals surface area contributed by atoms with Crippen molar-refractivity contribution in [3.63, 3.8) is 0 Å². The predicted octanol–water partition coefficient (Wildman–Crippen LogP) is 3.30. The summed E-state index contributed by atoms with van der Waals surface area (Å²) in [7, 11) is 2.08. The molecule has 1 heterocycles. The van der Waals surface area contributed by atoms with Crippen molar-refractivity contribution in [2.24, 2.45) is 5.92 Å². The molecule has 19 heavy (non-hydrogen) atoms. The molecule has 0 aliphatic carbocycles. The number of nitrogens with zero attached hydrogens (tertiary/aromatic N) is 1. The van der Waals surface area contributed by atoms with Crippen molar-refractivity contribution in [1.29, 1.82) is 0 Å². The fraction of sp³-hybridized carbons (Fsp3) is 0.647. The number of likely N-dealkylation sites (N-methyl/N-ethyl adjacent to an activating group) is 1. The quantitative estimate of drug-likeness (QED) is 0.893. The second-order valence-corrected chi connectivity index (χ2v) is 6.18. The van der Waals surface area contributed by atoms with Gasteiger partial charge in [0, 0.05) is 12.6 Å². The Labute approximate surface area is 118 Å². The topological polar surface area (TPSA) is 15.3 Å². The standard InChI is InChI=1S/C17H28N2/c1-13-7-9-19(10-8-13)12-17(18-4)16-11-14(2)5-6-15(16)3/h5-6,11,13,17-18H,7-10,12H2,1-4H3. The second-order valence-electron chi connectivity index (χ2n) is 6.18. The smallest absolute Gasteiger partial charge is 0.0449 e. The third-order valence-electron chi connectivity index (χ3n) is 4.48. The lowest BCUT2D eigenvalue weighted by molar-refractivity contribution is 0.177. The Morgan fingerprint density at radius 2 is 1.95 bits per heavy atom. The summed E-state index contributed by atoms with van der Waals surface area (Å²) in [6.07, 6.45) is 2.70. The second kappa shape index (κ2) is 6.53. The lowest BCUT2D eigenvalue weighted by Crippen LogP contribution is -2.39. The van der Waals surface area contributed by atoms with E-state index in [1.54, 1.807) is 0 Å². The molecule has 1 unspecified atom stereocenters. The number of hydrogen-bond acceptors (Lipinski definition) is 2. The third kappa shape index (κ3) is 3.80. The zero-order chi connectivity index (χ0) is 13.8. The van der Waals surface area contributed by atoms with E-state index in [0.29, 0.717) is 6.04 Å². The lowest BCUT2D eigenvalue weighted by Gasteiger charge is -2.33. The summed E-state index contributed by atoms with van der Waals surface area (Å²) >= 11 is 0. The largest absolute Gasteiger partial charge is 0.312 e. The highest BCUT2D eigenvalue weighted by molar-refractivity contribution is 5.33. The first-order valence-corrected chi connectivity index (χ1v) is 7.57. The minimum Gasteiger partial charge on any atom is -0.312 e. The Morgan fingerprint density at radius 3 is 2.58 bits per heavy atom. The molecule has 1 aliphatic rings. The van der Waals surface area contributed by atoms with Crippen LogP contribution in [0.4, 0.5) is 0 Å². The van der Waals surface area contributed by atoms with E-state index in [-0.39, 0.29) is 0 Å². The Bertz CT molecular complexity index is 406. The third-order valence-corrected chi connectivity index (χ3v) is 4.48. The van der Waals surface area contributed by atoms with E-state index in [1.807, 2.05) is 0 Å². The van der Waals surface area contributed by atoms with E-state index in [4.69, 9.17) is 0 Å². The average Bonchev–Trinajstić information content (AvgIpc) is 2.41. The van der Waals surface area contributed by atoms with Crippen LogP contribution in [0.25, 0.3) is 0 Å². The van der Waals surface area contributed by atoms with Crippen LogP contribution in [0.1, 0.15) is 42.5 Å². The number of hydrogen-bond donors (Lipinski definition) is 1. The predicted molar refractivity (Wildman–Crippen MR) is 82.6 cm³/mol. The van der Waals surface area contributed by atoms with E-state index in [9.17, 15) is 0 Å². The molecule has 1 atom stereocenters. The van der Waals surface area contributed by atoms with Crippen molar-refractivity contribution in [2.75, 3.05) is 26.7 Å². The van der Waals surface area contributed by atoms with Crippen LogP contribution in [0, 0.1) is 19.8 Å². The van der Waals surface area contributed by atoms with Crippen molar-refractivity contribution >= 4 is 0 Å². The highest BCUT2D eigenvalue weighted by Crippen LogP contribution is 2.23. The molecule has 1 aromatic carbocycles. The van der Waals surface area contributed by atoms with Crippen molar-refractivity contribution in [3.8, 4) is 0 Å². The van der Waals surface area contributed by atoms with Gasteiger partial charge in [-0.15, -0.1) is 0 Å². The first-order valence-electron chi connectivity index (χ1n) is 7.57. The van der Waals surface area contributed by atoms with Crippen LogP contribution in [0.15, 0.2) is 18.2 Å². The lowest BCUT2D eigenvalue weighted by atomic mass is 9.96. The van der Waals surface area contributed by atoms with E-state index >= 15 is 0 Å². The summed E-state index contributed by atoms with van der Waals surface area (Å²) < 4.78 is 0. The van der Waals surface area contributed by atoms with E-state index < -0.39 is 0 Å². The summed E-state index contributed by atoms with van der Waals surface area (Å²) in [5.41, 5.74) is 4.21. The van der Waals surface area contributed by atoms with E-state index in [1.165, 1.54) is 42.6 Å². The number of benzene rings is 1. The Hall–Kier alpha value is -0.860. The molecule has 0 aromatic heterocycles. The molecular formula is C17H28N2. The zero-order valence-corrected chi connectivity index (χ0v) is 12.9. The van der Waals surface area contributed by atoms with Gasteiger partial charge in [-0.3, -0.25) is 0 Å². The molecule has 0 saturated carbocycles. The maximum atomic E-state index is 3.50. The summed E-state index contributed by atoms with van der Waals surface area (Å²) in [5, 5.41) is 3.50. The van der Waals surface area contributed by atoms with Crippen LogP contribution >= 0.6 is 0 Å². The highest BCUT2D eigenvalue weighted by Gasteiger charge is 2.20. The van der Waals surface area contributed by atoms with Gasteiger partial charge in [0.05, 0.1) is 0 Å². The first-order chi connectivity index (χ1) is 9.10. The molecule has 2 heteroatoms. The molecule has 1 saturated heterocycles. The number of aryl methyl sites for hydroxylation is 2. The highest BCUT2D eigenvalue weighted by atomic mass is 15.1. The van der Waals surface area contributed by atoms with Crippen molar-refractivity contribution < 1.29 is 0 Å². The monoisotopic (exact) mass is 260 g/mol. The van der Waals surface area contributed by atoms with Crippen LogP contribution in [-0.4, -0.2) is 31.6 Å². The van der Waals surface area contributed by atoms with Gasteiger partial charge in [0.25, 0.3) is 0 Å². The summed E-state index contributed by atoms with van der Waals surface area (Å²) in [4.78, 5) is 2.61. The molecule has 0 amide bonds. The van der Waals surface area contributed by atoms with Crippen molar-refractivity contribution in [1.82, 2.24) is 10.2 Å². The van der Waals surface area contributed by atoms with E-state index in [2.05, 4.69) is 56.2 Å². The minimum atomic E-state index is 0.452. The fourth-order valence-electron chi connectivity index (χ4n) is 2.98. The molecule has 0 radical (unpaired) electrons. The van der Waals surface area contributed by atoms with Gasteiger partial charge >= 0.3 is 0 Å². The number of rotatable bonds is 4. The van der Waals surface area contributed by atoms with Crippen LogP contribution in [0.2, 0.25) is 0 Å². The maximum absolute atomic E-state index is 3.50. The molecule has 0 bridgehead atoms. The van der Waals surface area contributed by atoms with Gasteiger partial charge in [-0.05, 0) is 63.9 Å². The Morgan fingerprint density at radius 1 is 1.26 bits per heavy atom. The molecule has 0 spiro atoms. The number of likely N-dealkylation sites (tertiary alicyclic amines) is 1. The molecular weight excluding hydrogens is 232 g/mol. The van der Waals surface area contributed by atoms with Gasteiger partial charge in [0.2, 0.25) is 0 Å². The zero-order valence-electron chi connectivity index (χ0n) is 12.9. The van der Waals surface area contributed by atoms with Gasteiger partial charge in [-0.25, -0.2) is 0 Å². The van der Waals surface area contributed by atoms with Gasteiger partial charge in [-0.1, -0.05) is 30.7 Å². The van der Waals surface area contributed by atoms with Crippen LogP contribution in [0.3, 0.4) is 0 Å². The van der Waals surface area contributed by atoms with Gasteiger partial charge in [-0.2, -0.15) is 0 Å². The molecule has 1 aliphatic heterocycles. The molecule has 2 rings (SSSR count). The molecule has 1 aromatic rings. The Kier molecular flexibility index (Phi) is 5.00. The van der Waals surface area contributed by atoms with Crippen LogP contribution in [-0.2, 0) is 0 Å². The maximum Gasteiger partial charge on any atom is 0.0449 e. The van der Waals surface area contributed by atoms with Gasteiger partial charge in [0.1, 0.15) is 0 Å². The average molecular weight is 260 g/mol. The molecule has 2 nitrogen and oxygen atoms in total. The number of nitrogens with one attached hydrogen (secondary N) is 1. The molecule has 106 valence electrons. The summed E-state index contributed by atoms with van der Waals surface area (Å²) in [6, 6.07) is 7.23. The summed E-state index contributed by atoms with van der Waals surface area (Å²) in [5.74, 6) is 0.907. The van der Waals surface area contributed by atoms with Gasteiger partial charge < -0.3 is 10.2 Å².